The molecular weight excluding hydrogens is 360 g/mol. The van der Waals surface area contributed by atoms with Crippen molar-refractivity contribution < 1.29 is 26.6 Å². The van der Waals surface area contributed by atoms with Crippen molar-refractivity contribution in [2.75, 3.05) is 0 Å². The lowest BCUT2D eigenvalue weighted by atomic mass is 10.0. The first-order valence-electron chi connectivity index (χ1n) is 8.56. The van der Waals surface area contributed by atoms with E-state index in [-0.39, 0.29) is 36.7 Å². The second-order valence-electron chi connectivity index (χ2n) is 6.15. The number of benzene rings is 2. The Labute approximate surface area is 165 Å². The highest BCUT2D eigenvalue weighted by atomic mass is 35.5. The molecule has 3 rings (SSSR count). The van der Waals surface area contributed by atoms with Crippen LogP contribution in [0.1, 0.15) is 34.5 Å². The number of hydrogen-bond acceptors (Lipinski definition) is 2. The Morgan fingerprint density at radius 3 is 1.96 bits per heavy atom. The van der Waals surface area contributed by atoms with Crippen molar-refractivity contribution in [1.82, 2.24) is 5.32 Å². The first kappa shape index (κ1) is 20.3. The number of nitrogens with one attached hydrogen (secondary N) is 1. The Hall–Kier alpha value is -2.98. The van der Waals surface area contributed by atoms with Crippen molar-refractivity contribution in [3.8, 4) is 0 Å². The highest BCUT2D eigenvalue weighted by Crippen LogP contribution is 2.11. The van der Waals surface area contributed by atoms with Crippen molar-refractivity contribution in [3.63, 3.8) is 0 Å². The first-order valence-corrected chi connectivity index (χ1v) is 8.56. The van der Waals surface area contributed by atoms with Gasteiger partial charge in [-0.15, -0.1) is 0 Å². The third kappa shape index (κ3) is 5.50. The maximum Gasteiger partial charge on any atom is 0.286 e. The van der Waals surface area contributed by atoms with Gasteiger partial charge in [0.1, 0.15) is 0 Å². The first-order chi connectivity index (χ1) is 12.6. The number of carbonyl (C=O) groups is 2. The molecule has 1 unspecified atom stereocenters. The normalized spacial score (nSPS) is 11.1. The number of carbonyl (C=O) groups excluding carboxylic acids is 2. The zero-order valence-corrected chi connectivity index (χ0v) is 15.8. The molecule has 0 bridgehead atoms. The van der Waals surface area contributed by atoms with Crippen LogP contribution in [0.15, 0.2) is 85.2 Å². The van der Waals surface area contributed by atoms with E-state index >= 15 is 0 Å². The lowest BCUT2D eigenvalue weighted by molar-refractivity contribution is -0.684. The molecule has 0 fully saturated rings. The Morgan fingerprint density at radius 1 is 0.852 bits per heavy atom. The average Bonchev–Trinajstić information content (AvgIpc) is 2.69. The fourth-order valence-corrected chi connectivity index (χ4v) is 2.75. The summed E-state index contributed by atoms with van der Waals surface area (Å²) >= 11 is 0. The van der Waals surface area contributed by atoms with Crippen LogP contribution in [0.25, 0.3) is 0 Å². The molecule has 5 heteroatoms. The number of hydrogen-bond donors (Lipinski definition) is 1. The van der Waals surface area contributed by atoms with Gasteiger partial charge in [-0.05, 0) is 12.5 Å². The Balaban J connectivity index is 0.00000261. The number of halogens is 1. The monoisotopic (exact) mass is 380 g/mol. The number of nitrogens with zero attached hydrogens (tertiary/aromatic N) is 1. The molecule has 3 aromatic rings. The van der Waals surface area contributed by atoms with E-state index < -0.39 is 0 Å². The molecule has 0 aliphatic carbocycles. The van der Waals surface area contributed by atoms with Crippen LogP contribution >= 0.6 is 0 Å². The molecule has 0 aliphatic heterocycles. The van der Waals surface area contributed by atoms with Gasteiger partial charge in [-0.1, -0.05) is 60.7 Å². The highest BCUT2D eigenvalue weighted by Gasteiger charge is 2.15. The number of rotatable bonds is 6. The molecule has 1 aromatic heterocycles. The van der Waals surface area contributed by atoms with Crippen LogP contribution in [0.2, 0.25) is 0 Å². The number of ketones is 1. The molecule has 27 heavy (non-hydrogen) atoms. The Kier molecular flexibility index (Phi) is 7.26. The molecule has 1 amide bonds. The van der Waals surface area contributed by atoms with E-state index in [1.807, 2.05) is 55.5 Å². The molecule has 1 atom stereocenters. The molecule has 1 N–H and O–H groups in total. The van der Waals surface area contributed by atoms with Crippen molar-refractivity contribution in [2.24, 2.45) is 0 Å². The van der Waals surface area contributed by atoms with Gasteiger partial charge in [-0.2, -0.15) is 4.57 Å². The summed E-state index contributed by atoms with van der Waals surface area (Å²) in [5, 5.41) is 2.98. The van der Waals surface area contributed by atoms with Gasteiger partial charge in [0.25, 0.3) is 5.91 Å². The zero-order valence-electron chi connectivity index (χ0n) is 15.0. The zero-order chi connectivity index (χ0) is 18.4. The minimum Gasteiger partial charge on any atom is -1.00 e. The van der Waals surface area contributed by atoms with Crippen LogP contribution in [-0.2, 0) is 11.3 Å². The minimum atomic E-state index is -0.0755. The van der Waals surface area contributed by atoms with E-state index in [2.05, 4.69) is 5.32 Å². The molecule has 2 aromatic carbocycles. The molecule has 4 nitrogen and oxygen atoms in total. The van der Waals surface area contributed by atoms with Gasteiger partial charge in [-0.25, -0.2) is 0 Å². The SMILES string of the molecule is CC(NC(=O)C[n+]1ccc(C(=O)c2ccccc2)cc1)c1ccccc1.[Cl-]. The van der Waals surface area contributed by atoms with Gasteiger partial charge < -0.3 is 17.7 Å². The minimum absolute atomic E-state index is 0. The van der Waals surface area contributed by atoms with E-state index in [1.54, 1.807) is 41.2 Å². The van der Waals surface area contributed by atoms with Gasteiger partial charge in [0.15, 0.2) is 18.2 Å². The van der Waals surface area contributed by atoms with Crippen LogP contribution in [0.4, 0.5) is 0 Å². The molecule has 1 heterocycles. The van der Waals surface area contributed by atoms with Gasteiger partial charge in [0.05, 0.1) is 6.04 Å². The van der Waals surface area contributed by atoms with Crippen molar-refractivity contribution in [1.29, 1.82) is 0 Å². The number of aromatic nitrogens is 1. The van der Waals surface area contributed by atoms with Crippen molar-refractivity contribution in [3.05, 3.63) is 102 Å². The van der Waals surface area contributed by atoms with E-state index in [4.69, 9.17) is 0 Å². The second-order valence-corrected chi connectivity index (χ2v) is 6.15. The van der Waals surface area contributed by atoms with Crippen LogP contribution in [0.3, 0.4) is 0 Å². The molecule has 138 valence electrons. The predicted octanol–water partition coefficient (Wildman–Crippen LogP) is 0.0865. The topological polar surface area (TPSA) is 50.1 Å². The van der Waals surface area contributed by atoms with Crippen LogP contribution in [0, 0.1) is 0 Å². The number of pyridine rings is 1. The fourth-order valence-electron chi connectivity index (χ4n) is 2.75. The van der Waals surface area contributed by atoms with Crippen molar-refractivity contribution >= 4 is 11.7 Å². The Bertz CT molecular complexity index is 881. The lowest BCUT2D eigenvalue weighted by Gasteiger charge is -2.12. The molecule has 0 spiro atoms. The van der Waals surface area contributed by atoms with Crippen LogP contribution in [-0.4, -0.2) is 11.7 Å². The van der Waals surface area contributed by atoms with Crippen LogP contribution < -0.4 is 22.3 Å². The molecule has 0 radical (unpaired) electrons. The van der Waals surface area contributed by atoms with E-state index in [0.29, 0.717) is 11.1 Å². The summed E-state index contributed by atoms with van der Waals surface area (Å²) in [6.45, 7) is 2.16. The van der Waals surface area contributed by atoms with Gasteiger partial charge in [0.2, 0.25) is 6.54 Å². The van der Waals surface area contributed by atoms with Gasteiger partial charge in [0, 0.05) is 23.3 Å². The summed E-state index contributed by atoms with van der Waals surface area (Å²) < 4.78 is 1.76. The second kappa shape index (κ2) is 9.64. The third-order valence-electron chi connectivity index (χ3n) is 4.19. The third-order valence-corrected chi connectivity index (χ3v) is 4.19. The lowest BCUT2D eigenvalue weighted by Crippen LogP contribution is -3.00. The smallest absolute Gasteiger partial charge is 0.286 e. The summed E-state index contributed by atoms with van der Waals surface area (Å²) in [4.78, 5) is 24.6. The fraction of sp³-hybridized carbons (Fsp3) is 0.136. The maximum atomic E-state index is 12.4. The van der Waals surface area contributed by atoms with E-state index in [9.17, 15) is 9.59 Å². The average molecular weight is 381 g/mol. The maximum absolute atomic E-state index is 12.4. The summed E-state index contributed by atoms with van der Waals surface area (Å²) in [7, 11) is 0. The predicted molar refractivity (Wildman–Crippen MR) is 99.5 cm³/mol. The van der Waals surface area contributed by atoms with Gasteiger partial charge in [-0.3, -0.25) is 9.59 Å². The highest BCUT2D eigenvalue weighted by molar-refractivity contribution is 6.08. The summed E-state index contributed by atoms with van der Waals surface area (Å²) in [5.74, 6) is -0.103. The summed E-state index contributed by atoms with van der Waals surface area (Å²) in [5.41, 5.74) is 2.32. The summed E-state index contributed by atoms with van der Waals surface area (Å²) in [6, 6.07) is 22.4. The number of amides is 1. The van der Waals surface area contributed by atoms with E-state index in [1.165, 1.54) is 0 Å². The standard InChI is InChI=1S/C22H20N2O2.ClH/c1-17(18-8-4-2-5-9-18)23-21(25)16-24-14-12-20(13-15-24)22(26)19-10-6-3-7-11-19;/h2-15,17H,16H2,1H3;1H. The van der Waals surface area contributed by atoms with Crippen LogP contribution in [0.5, 0.6) is 0 Å². The van der Waals surface area contributed by atoms with Gasteiger partial charge >= 0.3 is 0 Å². The van der Waals surface area contributed by atoms with Crippen molar-refractivity contribution in [2.45, 2.75) is 19.5 Å². The molecular formula is C22H21ClN2O2. The molecule has 0 aliphatic rings. The summed E-state index contributed by atoms with van der Waals surface area (Å²) in [6.07, 6.45) is 3.51. The van der Waals surface area contributed by atoms with E-state index in [0.717, 1.165) is 5.56 Å². The largest absolute Gasteiger partial charge is 1.00 e. The quantitative estimate of drug-likeness (QED) is 0.486. The molecule has 0 saturated heterocycles. The molecule has 0 saturated carbocycles. The Morgan fingerprint density at radius 2 is 1.37 bits per heavy atom.